The molecule has 2 aromatic carbocycles. The molecule has 1 aliphatic rings. The van der Waals surface area contributed by atoms with Crippen LogP contribution in [0.4, 0.5) is 10.1 Å². The minimum atomic E-state index is -0.208. The van der Waals surface area contributed by atoms with Crippen LogP contribution in [0.15, 0.2) is 59.6 Å². The molecule has 1 fully saturated rings. The van der Waals surface area contributed by atoms with Gasteiger partial charge in [0.25, 0.3) is 0 Å². The van der Waals surface area contributed by atoms with Crippen molar-refractivity contribution in [2.75, 3.05) is 38.1 Å². The normalized spacial score (nSPS) is 14.9. The van der Waals surface area contributed by atoms with Crippen molar-refractivity contribution < 1.29 is 4.39 Å². The van der Waals surface area contributed by atoms with Crippen molar-refractivity contribution in [3.8, 4) is 0 Å². The Kier molecular flexibility index (Phi) is 7.49. The Bertz CT molecular complexity index is 685. The number of anilines is 1. The molecule has 1 N–H and O–H groups in total. The number of nitrogens with zero attached hydrogens (tertiary/aromatic N) is 3. The Morgan fingerprint density at radius 3 is 2.40 bits per heavy atom. The quantitative estimate of drug-likeness (QED) is 0.439. The number of aliphatic imine (C=N–C) groups is 1. The Balaban J connectivity index is 0.00000225. The topological polar surface area (TPSA) is 30.9 Å². The van der Waals surface area contributed by atoms with Gasteiger partial charge >= 0.3 is 0 Å². The van der Waals surface area contributed by atoms with E-state index < -0.39 is 0 Å². The van der Waals surface area contributed by atoms with E-state index in [9.17, 15) is 4.39 Å². The lowest BCUT2D eigenvalue weighted by atomic mass is 10.2. The van der Waals surface area contributed by atoms with E-state index in [1.807, 2.05) is 12.1 Å². The van der Waals surface area contributed by atoms with Gasteiger partial charge < -0.3 is 15.1 Å². The van der Waals surface area contributed by atoms with Gasteiger partial charge in [-0.05, 0) is 29.8 Å². The van der Waals surface area contributed by atoms with Crippen LogP contribution >= 0.6 is 24.0 Å². The summed E-state index contributed by atoms with van der Waals surface area (Å²) in [6.45, 7) is 4.33. The SMILES string of the molecule is CN=C(NCc1cccc(F)c1)N1CCN(c2ccccc2)CC1.I. The first-order chi connectivity index (χ1) is 11.8. The standard InChI is InChI=1S/C19H23FN4.HI/c1-21-19(22-15-16-6-5-7-17(20)14-16)24-12-10-23(11-13-24)18-8-3-2-4-9-18;/h2-9,14H,10-13,15H2,1H3,(H,21,22);1H. The first-order valence-electron chi connectivity index (χ1n) is 8.26. The lowest BCUT2D eigenvalue weighted by Crippen LogP contribution is -2.52. The van der Waals surface area contributed by atoms with Crippen LogP contribution in [0.2, 0.25) is 0 Å². The second-order valence-electron chi connectivity index (χ2n) is 5.84. The van der Waals surface area contributed by atoms with E-state index in [4.69, 9.17) is 0 Å². The molecular formula is C19H24FIN4. The molecule has 0 atom stereocenters. The first kappa shape index (κ1) is 19.5. The first-order valence-corrected chi connectivity index (χ1v) is 8.26. The van der Waals surface area contributed by atoms with Crippen LogP contribution in [0.3, 0.4) is 0 Å². The Morgan fingerprint density at radius 2 is 1.76 bits per heavy atom. The Hall–Kier alpha value is -1.83. The van der Waals surface area contributed by atoms with Crippen LogP contribution in [0.1, 0.15) is 5.56 Å². The molecule has 1 aliphatic heterocycles. The molecule has 25 heavy (non-hydrogen) atoms. The molecule has 1 saturated heterocycles. The summed E-state index contributed by atoms with van der Waals surface area (Å²) >= 11 is 0. The summed E-state index contributed by atoms with van der Waals surface area (Å²) in [6.07, 6.45) is 0. The number of rotatable bonds is 3. The average molecular weight is 454 g/mol. The molecule has 0 spiro atoms. The van der Waals surface area contributed by atoms with E-state index in [0.29, 0.717) is 6.54 Å². The van der Waals surface area contributed by atoms with E-state index in [1.165, 1.54) is 11.8 Å². The minimum Gasteiger partial charge on any atom is -0.368 e. The van der Waals surface area contributed by atoms with E-state index in [-0.39, 0.29) is 29.8 Å². The van der Waals surface area contributed by atoms with Crippen molar-refractivity contribution in [1.82, 2.24) is 10.2 Å². The third kappa shape index (κ3) is 5.32. The van der Waals surface area contributed by atoms with Gasteiger partial charge in [-0.3, -0.25) is 4.99 Å². The molecule has 6 heteroatoms. The van der Waals surface area contributed by atoms with E-state index in [2.05, 4.69) is 44.4 Å². The molecule has 0 aromatic heterocycles. The van der Waals surface area contributed by atoms with Gasteiger partial charge in [0.05, 0.1) is 0 Å². The zero-order valence-electron chi connectivity index (χ0n) is 14.4. The van der Waals surface area contributed by atoms with Crippen LogP contribution in [0.5, 0.6) is 0 Å². The fourth-order valence-electron chi connectivity index (χ4n) is 2.98. The molecule has 4 nitrogen and oxygen atoms in total. The lowest BCUT2D eigenvalue weighted by Gasteiger charge is -2.37. The van der Waals surface area contributed by atoms with Crippen LogP contribution in [-0.4, -0.2) is 44.1 Å². The summed E-state index contributed by atoms with van der Waals surface area (Å²) < 4.78 is 13.3. The number of hydrogen-bond acceptors (Lipinski definition) is 2. The predicted octanol–water partition coefficient (Wildman–Crippen LogP) is 3.34. The maximum atomic E-state index is 13.3. The van der Waals surface area contributed by atoms with Crippen molar-refractivity contribution in [3.05, 3.63) is 66.0 Å². The molecule has 0 radical (unpaired) electrons. The molecule has 0 unspecified atom stereocenters. The number of para-hydroxylation sites is 1. The van der Waals surface area contributed by atoms with Gasteiger partial charge in [0.15, 0.2) is 5.96 Å². The monoisotopic (exact) mass is 454 g/mol. The van der Waals surface area contributed by atoms with Crippen LogP contribution in [-0.2, 0) is 6.54 Å². The average Bonchev–Trinajstić information content (AvgIpc) is 2.64. The number of piperazine rings is 1. The molecule has 0 amide bonds. The van der Waals surface area contributed by atoms with Gasteiger partial charge in [-0.15, -0.1) is 24.0 Å². The van der Waals surface area contributed by atoms with Gasteiger partial charge in [-0.25, -0.2) is 4.39 Å². The van der Waals surface area contributed by atoms with Crippen molar-refractivity contribution >= 4 is 35.6 Å². The molecule has 134 valence electrons. The van der Waals surface area contributed by atoms with Gasteiger partial charge in [0.1, 0.15) is 5.82 Å². The molecule has 0 aliphatic carbocycles. The van der Waals surface area contributed by atoms with E-state index >= 15 is 0 Å². The second kappa shape index (κ2) is 9.60. The van der Waals surface area contributed by atoms with Crippen molar-refractivity contribution in [1.29, 1.82) is 0 Å². The summed E-state index contributed by atoms with van der Waals surface area (Å²) in [6, 6.07) is 17.1. The largest absolute Gasteiger partial charge is 0.368 e. The molecule has 3 rings (SSSR count). The lowest BCUT2D eigenvalue weighted by molar-refractivity contribution is 0.372. The van der Waals surface area contributed by atoms with E-state index in [0.717, 1.165) is 37.7 Å². The Labute approximate surface area is 165 Å². The summed E-state index contributed by atoms with van der Waals surface area (Å²) in [7, 11) is 1.79. The molecular weight excluding hydrogens is 430 g/mol. The predicted molar refractivity (Wildman–Crippen MR) is 112 cm³/mol. The number of nitrogens with one attached hydrogen (secondary N) is 1. The zero-order chi connectivity index (χ0) is 16.8. The van der Waals surface area contributed by atoms with E-state index in [1.54, 1.807) is 19.2 Å². The number of benzene rings is 2. The summed E-state index contributed by atoms with van der Waals surface area (Å²) in [4.78, 5) is 9.00. The van der Waals surface area contributed by atoms with Crippen LogP contribution in [0.25, 0.3) is 0 Å². The minimum absolute atomic E-state index is 0. The number of guanidine groups is 1. The molecule has 1 heterocycles. The highest BCUT2D eigenvalue weighted by atomic mass is 127. The third-order valence-electron chi connectivity index (χ3n) is 4.25. The number of halogens is 2. The number of hydrogen-bond donors (Lipinski definition) is 1. The van der Waals surface area contributed by atoms with Crippen molar-refractivity contribution in [3.63, 3.8) is 0 Å². The highest BCUT2D eigenvalue weighted by molar-refractivity contribution is 14.0. The zero-order valence-corrected chi connectivity index (χ0v) is 16.7. The second-order valence-corrected chi connectivity index (χ2v) is 5.84. The van der Waals surface area contributed by atoms with Gasteiger partial charge in [0.2, 0.25) is 0 Å². The maximum absolute atomic E-state index is 13.3. The third-order valence-corrected chi connectivity index (χ3v) is 4.25. The van der Waals surface area contributed by atoms with Gasteiger partial charge in [-0.2, -0.15) is 0 Å². The van der Waals surface area contributed by atoms with Crippen molar-refractivity contribution in [2.24, 2.45) is 4.99 Å². The molecule has 0 bridgehead atoms. The Morgan fingerprint density at radius 1 is 1.04 bits per heavy atom. The van der Waals surface area contributed by atoms with Crippen LogP contribution in [0, 0.1) is 5.82 Å². The highest BCUT2D eigenvalue weighted by Crippen LogP contribution is 2.15. The van der Waals surface area contributed by atoms with Crippen molar-refractivity contribution in [2.45, 2.75) is 6.54 Å². The fourth-order valence-corrected chi connectivity index (χ4v) is 2.98. The molecule has 0 saturated carbocycles. The van der Waals surface area contributed by atoms with Crippen LogP contribution < -0.4 is 10.2 Å². The fraction of sp³-hybridized carbons (Fsp3) is 0.316. The highest BCUT2D eigenvalue weighted by Gasteiger charge is 2.19. The smallest absolute Gasteiger partial charge is 0.194 e. The van der Waals surface area contributed by atoms with Gasteiger partial charge in [-0.1, -0.05) is 30.3 Å². The summed E-state index contributed by atoms with van der Waals surface area (Å²) in [5.74, 6) is 0.660. The maximum Gasteiger partial charge on any atom is 0.194 e. The summed E-state index contributed by atoms with van der Waals surface area (Å²) in [5.41, 5.74) is 2.18. The summed E-state index contributed by atoms with van der Waals surface area (Å²) in [5, 5.41) is 3.33. The molecule has 2 aromatic rings. The van der Waals surface area contributed by atoms with Gasteiger partial charge in [0, 0.05) is 45.5 Å².